The molecule has 0 aromatic heterocycles. The summed E-state index contributed by atoms with van der Waals surface area (Å²) in [5.41, 5.74) is 0.813. The van der Waals surface area contributed by atoms with Crippen LogP contribution in [0.1, 0.15) is 19.8 Å². The number of anilines is 1. The van der Waals surface area contributed by atoms with Gasteiger partial charge in [-0.1, -0.05) is 29.3 Å². The van der Waals surface area contributed by atoms with Crippen LogP contribution in [0.5, 0.6) is 0 Å². The van der Waals surface area contributed by atoms with Gasteiger partial charge in [-0.2, -0.15) is 0 Å². The fourth-order valence-corrected chi connectivity index (χ4v) is 1.57. The van der Waals surface area contributed by atoms with Crippen molar-refractivity contribution in [2.45, 2.75) is 19.8 Å². The summed E-state index contributed by atoms with van der Waals surface area (Å²) in [6, 6.07) is 5.44. The van der Waals surface area contributed by atoms with E-state index in [0.29, 0.717) is 16.5 Å². The van der Waals surface area contributed by atoms with Crippen molar-refractivity contribution in [2.75, 3.05) is 11.9 Å². The molecule has 0 saturated carbocycles. The summed E-state index contributed by atoms with van der Waals surface area (Å²) < 4.78 is 0. The summed E-state index contributed by atoms with van der Waals surface area (Å²) in [6.07, 6.45) is 1.39. The molecule has 1 N–H and O–H groups in total. The molecule has 0 saturated heterocycles. The molecule has 15 heavy (non-hydrogen) atoms. The van der Waals surface area contributed by atoms with Gasteiger partial charge < -0.3 is 10.1 Å². The Morgan fingerprint density at radius 1 is 1.40 bits per heavy atom. The van der Waals surface area contributed by atoms with Gasteiger partial charge in [0.1, 0.15) is 5.78 Å². The van der Waals surface area contributed by atoms with Crippen molar-refractivity contribution in [3.05, 3.63) is 28.2 Å². The molecule has 0 radical (unpaired) electrons. The highest BCUT2D eigenvalue weighted by molar-refractivity contribution is 6.43. The molecule has 0 spiro atoms. The van der Waals surface area contributed by atoms with Crippen molar-refractivity contribution in [3.8, 4) is 0 Å². The van der Waals surface area contributed by atoms with Gasteiger partial charge in [0.05, 0.1) is 15.7 Å². The number of carbonyl (C=O) groups is 1. The second kappa shape index (κ2) is 5.99. The van der Waals surface area contributed by atoms with Crippen molar-refractivity contribution in [2.24, 2.45) is 0 Å². The summed E-state index contributed by atoms with van der Waals surface area (Å²) in [7, 11) is 0. The molecule has 0 amide bonds. The van der Waals surface area contributed by atoms with Gasteiger partial charge in [-0.05, 0) is 25.5 Å². The lowest BCUT2D eigenvalue weighted by atomic mass is 10.2. The Kier molecular flexibility index (Phi) is 4.92. The Hall–Kier alpha value is -0.730. The monoisotopic (exact) mass is 245 g/mol. The van der Waals surface area contributed by atoms with Crippen LogP contribution in [0.25, 0.3) is 0 Å². The van der Waals surface area contributed by atoms with Gasteiger partial charge in [0.15, 0.2) is 0 Å². The van der Waals surface area contributed by atoms with E-state index < -0.39 is 0 Å². The van der Waals surface area contributed by atoms with Gasteiger partial charge in [0.25, 0.3) is 0 Å². The molecular weight excluding hydrogens is 233 g/mol. The summed E-state index contributed by atoms with van der Waals surface area (Å²) >= 11 is 11.8. The molecule has 2 nitrogen and oxygen atoms in total. The minimum atomic E-state index is 0.203. The molecule has 4 heteroatoms. The van der Waals surface area contributed by atoms with Gasteiger partial charge >= 0.3 is 0 Å². The zero-order chi connectivity index (χ0) is 11.3. The number of carbonyl (C=O) groups excluding carboxylic acids is 1. The molecule has 0 heterocycles. The van der Waals surface area contributed by atoms with Crippen LogP contribution in [0.3, 0.4) is 0 Å². The predicted octanol–water partition coefficient (Wildman–Crippen LogP) is 3.77. The number of hydrogen-bond donors (Lipinski definition) is 1. The van der Waals surface area contributed by atoms with E-state index in [0.717, 1.165) is 18.7 Å². The maximum atomic E-state index is 10.7. The smallest absolute Gasteiger partial charge is 0.129 e. The molecule has 0 atom stereocenters. The van der Waals surface area contributed by atoms with Crippen molar-refractivity contribution in [1.82, 2.24) is 0 Å². The first-order valence-electron chi connectivity index (χ1n) is 4.78. The lowest BCUT2D eigenvalue weighted by molar-refractivity contribution is -0.117. The SMILES string of the molecule is CC(=O)CCCNc1cccc(Cl)c1Cl. The van der Waals surface area contributed by atoms with Crippen molar-refractivity contribution in [3.63, 3.8) is 0 Å². The van der Waals surface area contributed by atoms with Crippen LogP contribution in [-0.2, 0) is 4.79 Å². The fourth-order valence-electron chi connectivity index (χ4n) is 1.20. The van der Waals surface area contributed by atoms with E-state index in [9.17, 15) is 4.79 Å². The molecule has 1 aromatic carbocycles. The zero-order valence-corrected chi connectivity index (χ0v) is 10.0. The van der Waals surface area contributed by atoms with Crippen molar-refractivity contribution in [1.29, 1.82) is 0 Å². The molecule has 82 valence electrons. The molecule has 1 aromatic rings. The van der Waals surface area contributed by atoms with Crippen LogP contribution in [0.2, 0.25) is 10.0 Å². The molecule has 0 bridgehead atoms. The largest absolute Gasteiger partial charge is 0.384 e. The standard InChI is InChI=1S/C11H13Cl2NO/c1-8(15)4-3-7-14-10-6-2-5-9(12)11(10)13/h2,5-6,14H,3-4,7H2,1H3. The summed E-state index contributed by atoms with van der Waals surface area (Å²) in [5, 5.41) is 4.21. The number of nitrogens with one attached hydrogen (secondary N) is 1. The minimum Gasteiger partial charge on any atom is -0.384 e. The van der Waals surface area contributed by atoms with Crippen LogP contribution in [0.4, 0.5) is 5.69 Å². The lowest BCUT2D eigenvalue weighted by Gasteiger charge is -2.08. The zero-order valence-electron chi connectivity index (χ0n) is 8.52. The van der Waals surface area contributed by atoms with E-state index in [4.69, 9.17) is 23.2 Å². The second-order valence-corrected chi connectivity index (χ2v) is 4.12. The van der Waals surface area contributed by atoms with Crippen LogP contribution in [0, 0.1) is 0 Å². The van der Waals surface area contributed by atoms with E-state index in [1.807, 2.05) is 12.1 Å². The van der Waals surface area contributed by atoms with Crippen LogP contribution < -0.4 is 5.32 Å². The highest BCUT2D eigenvalue weighted by Crippen LogP contribution is 2.29. The summed E-state index contributed by atoms with van der Waals surface area (Å²) in [5.74, 6) is 0.203. The normalized spacial score (nSPS) is 10.1. The maximum Gasteiger partial charge on any atom is 0.129 e. The second-order valence-electron chi connectivity index (χ2n) is 3.33. The molecule has 0 aliphatic heterocycles. The van der Waals surface area contributed by atoms with Crippen LogP contribution in [0.15, 0.2) is 18.2 Å². The van der Waals surface area contributed by atoms with E-state index in [1.165, 1.54) is 0 Å². The summed E-state index contributed by atoms with van der Waals surface area (Å²) in [4.78, 5) is 10.7. The van der Waals surface area contributed by atoms with Gasteiger partial charge in [0.2, 0.25) is 0 Å². The molecule has 0 aliphatic rings. The quantitative estimate of drug-likeness (QED) is 0.801. The molecule has 0 fully saturated rings. The number of ketones is 1. The van der Waals surface area contributed by atoms with Crippen LogP contribution in [-0.4, -0.2) is 12.3 Å². The van der Waals surface area contributed by atoms with E-state index in [1.54, 1.807) is 13.0 Å². The predicted molar refractivity (Wildman–Crippen MR) is 64.9 cm³/mol. The third-order valence-corrected chi connectivity index (χ3v) is 2.79. The third-order valence-electron chi connectivity index (χ3n) is 1.97. The topological polar surface area (TPSA) is 29.1 Å². The molecule has 0 aliphatic carbocycles. The average molecular weight is 246 g/mol. The fraction of sp³-hybridized carbons (Fsp3) is 0.364. The first kappa shape index (κ1) is 12.3. The highest BCUT2D eigenvalue weighted by Gasteiger charge is 2.03. The number of hydrogen-bond acceptors (Lipinski definition) is 2. The van der Waals surface area contributed by atoms with Gasteiger partial charge in [-0.25, -0.2) is 0 Å². The van der Waals surface area contributed by atoms with E-state index in [2.05, 4.69) is 5.32 Å². The van der Waals surface area contributed by atoms with Crippen molar-refractivity contribution >= 4 is 34.7 Å². The summed E-state index contributed by atoms with van der Waals surface area (Å²) in [6.45, 7) is 2.31. The first-order chi connectivity index (χ1) is 7.11. The Labute approximate surface area is 99.6 Å². The molecule has 1 rings (SSSR count). The third kappa shape index (κ3) is 4.10. The van der Waals surface area contributed by atoms with Crippen LogP contribution >= 0.6 is 23.2 Å². The maximum absolute atomic E-state index is 10.7. The number of benzene rings is 1. The Bertz CT molecular complexity index is 352. The van der Waals surface area contributed by atoms with Gasteiger partial charge in [-0.3, -0.25) is 0 Å². The first-order valence-corrected chi connectivity index (χ1v) is 5.54. The Morgan fingerprint density at radius 2 is 2.13 bits per heavy atom. The van der Waals surface area contributed by atoms with Gasteiger partial charge in [-0.15, -0.1) is 0 Å². The Morgan fingerprint density at radius 3 is 2.80 bits per heavy atom. The minimum absolute atomic E-state index is 0.203. The average Bonchev–Trinajstić information content (AvgIpc) is 2.18. The number of halogens is 2. The molecule has 0 unspecified atom stereocenters. The highest BCUT2D eigenvalue weighted by atomic mass is 35.5. The number of rotatable bonds is 5. The molecular formula is C11H13Cl2NO. The number of Topliss-reactive ketones (excluding diaryl/α,β-unsaturated/α-hetero) is 1. The van der Waals surface area contributed by atoms with E-state index in [-0.39, 0.29) is 5.78 Å². The lowest BCUT2D eigenvalue weighted by Crippen LogP contribution is -2.04. The van der Waals surface area contributed by atoms with E-state index >= 15 is 0 Å². The Balaban J connectivity index is 2.44. The van der Waals surface area contributed by atoms with Gasteiger partial charge in [0, 0.05) is 13.0 Å². The van der Waals surface area contributed by atoms with Crippen molar-refractivity contribution < 1.29 is 4.79 Å².